The number of hydrogen-bond donors (Lipinski definition) is 1. The van der Waals surface area contributed by atoms with Crippen molar-refractivity contribution in [2.45, 2.75) is 33.0 Å². The molecule has 2 aromatic heterocycles. The number of fused-ring (bicyclic) bond motifs is 1. The molecule has 1 aliphatic rings. The third-order valence-electron chi connectivity index (χ3n) is 3.18. The summed E-state index contributed by atoms with van der Waals surface area (Å²) in [7, 11) is 0. The van der Waals surface area contributed by atoms with Crippen LogP contribution in [0.15, 0.2) is 12.5 Å². The molecule has 102 valence electrons. The zero-order valence-electron chi connectivity index (χ0n) is 11.0. The van der Waals surface area contributed by atoms with Gasteiger partial charge in [0.05, 0.1) is 6.54 Å². The lowest BCUT2D eigenvalue weighted by Crippen LogP contribution is -2.33. The molecule has 0 saturated heterocycles. The summed E-state index contributed by atoms with van der Waals surface area (Å²) in [5.74, 6) is 1.02. The van der Waals surface area contributed by atoms with Crippen LogP contribution in [0.5, 0.6) is 0 Å². The highest BCUT2D eigenvalue weighted by Gasteiger charge is 2.19. The van der Waals surface area contributed by atoms with E-state index in [-0.39, 0.29) is 0 Å². The van der Waals surface area contributed by atoms with Gasteiger partial charge in [0.1, 0.15) is 6.33 Å². The molecular formula is C12H18N6S. The van der Waals surface area contributed by atoms with Crippen molar-refractivity contribution in [2.24, 2.45) is 0 Å². The smallest absolute Gasteiger partial charge is 0.186 e. The van der Waals surface area contributed by atoms with Gasteiger partial charge in [0.25, 0.3) is 0 Å². The lowest BCUT2D eigenvalue weighted by atomic mass is 10.4. The molecule has 0 fully saturated rings. The van der Waals surface area contributed by atoms with Gasteiger partial charge in [0, 0.05) is 30.7 Å². The Morgan fingerprint density at radius 2 is 2.37 bits per heavy atom. The van der Waals surface area contributed by atoms with E-state index in [1.165, 1.54) is 4.88 Å². The Kier molecular flexibility index (Phi) is 3.74. The maximum absolute atomic E-state index is 4.52. The van der Waals surface area contributed by atoms with E-state index >= 15 is 0 Å². The largest absolute Gasteiger partial charge is 0.339 e. The lowest BCUT2D eigenvalue weighted by Gasteiger charge is -2.26. The van der Waals surface area contributed by atoms with Crippen molar-refractivity contribution in [1.29, 1.82) is 0 Å². The first-order valence-electron chi connectivity index (χ1n) is 6.64. The first kappa shape index (κ1) is 12.6. The van der Waals surface area contributed by atoms with Crippen LogP contribution in [-0.4, -0.2) is 32.8 Å². The van der Waals surface area contributed by atoms with Crippen LogP contribution in [0.2, 0.25) is 0 Å². The first-order chi connectivity index (χ1) is 9.36. The SMILES string of the molecule is CCCNCc1cnc(N2CCn3cnnc3C2)s1. The van der Waals surface area contributed by atoms with Gasteiger partial charge in [-0.15, -0.1) is 21.5 Å². The average Bonchev–Trinajstić information content (AvgIpc) is 3.06. The van der Waals surface area contributed by atoms with Crippen LogP contribution >= 0.6 is 11.3 Å². The molecule has 0 radical (unpaired) electrons. The Morgan fingerprint density at radius 3 is 3.26 bits per heavy atom. The predicted octanol–water partition coefficient (Wildman–Crippen LogP) is 1.25. The highest BCUT2D eigenvalue weighted by atomic mass is 32.1. The van der Waals surface area contributed by atoms with Crippen LogP contribution < -0.4 is 10.2 Å². The minimum absolute atomic E-state index is 0.801. The van der Waals surface area contributed by atoms with E-state index in [2.05, 4.69) is 36.9 Å². The lowest BCUT2D eigenvalue weighted by molar-refractivity contribution is 0.559. The molecule has 19 heavy (non-hydrogen) atoms. The molecule has 6 nitrogen and oxygen atoms in total. The number of rotatable bonds is 5. The second-order valence-corrected chi connectivity index (χ2v) is 5.74. The quantitative estimate of drug-likeness (QED) is 0.834. The van der Waals surface area contributed by atoms with Crippen LogP contribution in [0.4, 0.5) is 5.13 Å². The summed E-state index contributed by atoms with van der Waals surface area (Å²) in [6.45, 7) is 6.85. The Morgan fingerprint density at radius 1 is 1.42 bits per heavy atom. The summed E-state index contributed by atoms with van der Waals surface area (Å²) < 4.78 is 2.10. The molecule has 3 heterocycles. The molecule has 0 aliphatic carbocycles. The molecule has 1 N–H and O–H groups in total. The second-order valence-electron chi connectivity index (χ2n) is 4.65. The molecule has 0 spiro atoms. The summed E-state index contributed by atoms with van der Waals surface area (Å²) in [6, 6.07) is 0. The molecule has 2 aromatic rings. The molecule has 0 bridgehead atoms. The number of aromatic nitrogens is 4. The Bertz CT molecular complexity index is 534. The normalized spacial score (nSPS) is 14.7. The molecule has 0 atom stereocenters. The van der Waals surface area contributed by atoms with E-state index in [4.69, 9.17) is 0 Å². The van der Waals surface area contributed by atoms with E-state index in [1.807, 2.05) is 6.20 Å². The average molecular weight is 278 g/mol. The fourth-order valence-electron chi connectivity index (χ4n) is 2.14. The van der Waals surface area contributed by atoms with E-state index in [0.29, 0.717) is 0 Å². The Balaban J connectivity index is 1.64. The topological polar surface area (TPSA) is 58.9 Å². The van der Waals surface area contributed by atoms with Gasteiger partial charge in [-0.05, 0) is 13.0 Å². The summed E-state index contributed by atoms with van der Waals surface area (Å²) in [6.07, 6.45) is 4.93. The van der Waals surface area contributed by atoms with Crippen LogP contribution in [0.1, 0.15) is 24.0 Å². The fraction of sp³-hybridized carbons (Fsp3) is 0.583. The third-order valence-corrected chi connectivity index (χ3v) is 4.23. The summed E-state index contributed by atoms with van der Waals surface area (Å²) in [5.41, 5.74) is 0. The first-order valence-corrected chi connectivity index (χ1v) is 7.45. The third kappa shape index (κ3) is 2.76. The molecule has 7 heteroatoms. The monoisotopic (exact) mass is 278 g/mol. The van der Waals surface area contributed by atoms with Gasteiger partial charge < -0.3 is 14.8 Å². The molecule has 0 saturated carbocycles. The van der Waals surface area contributed by atoms with Crippen LogP contribution in [0, 0.1) is 0 Å². The zero-order valence-corrected chi connectivity index (χ0v) is 11.9. The molecule has 1 aliphatic heterocycles. The van der Waals surface area contributed by atoms with E-state index in [9.17, 15) is 0 Å². The van der Waals surface area contributed by atoms with Crippen molar-refractivity contribution in [3.05, 3.63) is 23.2 Å². The number of thiazole rings is 1. The molecule has 0 unspecified atom stereocenters. The standard InChI is InChI=1S/C12H18N6S/c1-2-3-13-6-10-7-14-12(19-10)17-4-5-18-9-15-16-11(18)8-17/h7,9,13H,2-6,8H2,1H3. The van der Waals surface area contributed by atoms with Crippen molar-refractivity contribution in [3.63, 3.8) is 0 Å². The van der Waals surface area contributed by atoms with Crippen LogP contribution in [0.3, 0.4) is 0 Å². The van der Waals surface area contributed by atoms with Crippen molar-refractivity contribution in [2.75, 3.05) is 18.0 Å². The van der Waals surface area contributed by atoms with Crippen LogP contribution in [0.25, 0.3) is 0 Å². The number of hydrogen-bond acceptors (Lipinski definition) is 6. The minimum Gasteiger partial charge on any atom is -0.339 e. The molecular weight excluding hydrogens is 260 g/mol. The molecule has 0 amide bonds. The van der Waals surface area contributed by atoms with Gasteiger partial charge in [0.2, 0.25) is 0 Å². The highest BCUT2D eigenvalue weighted by molar-refractivity contribution is 7.15. The second kappa shape index (κ2) is 5.66. The minimum atomic E-state index is 0.801. The Labute approximate surface area is 116 Å². The highest BCUT2D eigenvalue weighted by Crippen LogP contribution is 2.25. The fourth-order valence-corrected chi connectivity index (χ4v) is 3.05. The number of anilines is 1. The van der Waals surface area contributed by atoms with E-state index in [0.717, 1.165) is 50.1 Å². The van der Waals surface area contributed by atoms with Crippen molar-refractivity contribution >= 4 is 16.5 Å². The maximum atomic E-state index is 4.52. The summed E-state index contributed by atoms with van der Waals surface area (Å²) in [5, 5.41) is 12.6. The number of nitrogens with zero attached hydrogens (tertiary/aromatic N) is 5. The van der Waals surface area contributed by atoms with Crippen molar-refractivity contribution in [3.8, 4) is 0 Å². The zero-order chi connectivity index (χ0) is 13.1. The van der Waals surface area contributed by atoms with Gasteiger partial charge in [-0.1, -0.05) is 6.92 Å². The van der Waals surface area contributed by atoms with Gasteiger partial charge in [-0.2, -0.15) is 0 Å². The van der Waals surface area contributed by atoms with Gasteiger partial charge >= 0.3 is 0 Å². The van der Waals surface area contributed by atoms with Crippen molar-refractivity contribution < 1.29 is 0 Å². The van der Waals surface area contributed by atoms with Gasteiger partial charge in [-0.25, -0.2) is 4.98 Å². The maximum Gasteiger partial charge on any atom is 0.186 e. The van der Waals surface area contributed by atoms with Gasteiger partial charge in [-0.3, -0.25) is 0 Å². The van der Waals surface area contributed by atoms with Gasteiger partial charge in [0.15, 0.2) is 11.0 Å². The Hall–Kier alpha value is -1.47. The van der Waals surface area contributed by atoms with E-state index < -0.39 is 0 Å². The molecule has 3 rings (SSSR count). The van der Waals surface area contributed by atoms with Crippen LogP contribution in [-0.2, 0) is 19.6 Å². The van der Waals surface area contributed by atoms with E-state index in [1.54, 1.807) is 17.7 Å². The molecule has 0 aromatic carbocycles. The predicted molar refractivity (Wildman–Crippen MR) is 75.2 cm³/mol. The summed E-state index contributed by atoms with van der Waals surface area (Å²) >= 11 is 1.76. The van der Waals surface area contributed by atoms with Crippen molar-refractivity contribution in [1.82, 2.24) is 25.1 Å². The summed E-state index contributed by atoms with van der Waals surface area (Å²) in [4.78, 5) is 8.09. The number of nitrogens with one attached hydrogen (secondary N) is 1.